The number of rotatable bonds is 4. The number of nitro groups is 1. The minimum absolute atomic E-state index is 0.0701. The Hall–Kier alpha value is -4.73. The highest BCUT2D eigenvalue weighted by Crippen LogP contribution is 2.53. The number of imide groups is 1. The van der Waals surface area contributed by atoms with Crippen molar-refractivity contribution >= 4 is 35.2 Å². The average Bonchev–Trinajstić information content (AvgIpc) is 3.36. The normalized spacial score (nSPS) is 23.9. The van der Waals surface area contributed by atoms with Gasteiger partial charge in [0, 0.05) is 17.7 Å². The molecule has 10 heteroatoms. The molecule has 0 aromatic heterocycles. The standard InChI is InChI=1S/C26H17FN4O5/c27-16-10-8-14(9-11-16)24(32)23-21-20(22-19-7-2-1-4-15(19)13-28-30(22)23)25(33)29(26(21)34)17-5-3-6-18(12-17)31(35)36/h1-13,20-23H/t20-,21+,22?,23-/m1/s1. The van der Waals surface area contributed by atoms with E-state index in [1.807, 2.05) is 18.2 Å². The zero-order chi connectivity index (χ0) is 25.1. The predicted octanol–water partition coefficient (Wildman–Crippen LogP) is 3.50. The van der Waals surface area contributed by atoms with Gasteiger partial charge in [0.15, 0.2) is 5.78 Å². The Balaban J connectivity index is 1.49. The number of fused-ring (bicyclic) bond motifs is 5. The molecule has 0 aliphatic carbocycles. The number of carbonyl (C=O) groups is 3. The van der Waals surface area contributed by atoms with E-state index in [4.69, 9.17) is 0 Å². The number of hydrogen-bond donors (Lipinski definition) is 0. The van der Waals surface area contributed by atoms with E-state index >= 15 is 0 Å². The molecule has 2 amide bonds. The zero-order valence-electron chi connectivity index (χ0n) is 18.5. The van der Waals surface area contributed by atoms with Crippen LogP contribution in [0.4, 0.5) is 15.8 Å². The number of hydrazone groups is 1. The highest BCUT2D eigenvalue weighted by atomic mass is 19.1. The quantitative estimate of drug-likeness (QED) is 0.242. The number of anilines is 1. The maximum atomic E-state index is 13.8. The van der Waals surface area contributed by atoms with Crippen LogP contribution in [0.15, 0.2) is 77.9 Å². The van der Waals surface area contributed by atoms with Crippen LogP contribution < -0.4 is 4.90 Å². The van der Waals surface area contributed by atoms with E-state index in [1.165, 1.54) is 41.4 Å². The number of hydrogen-bond acceptors (Lipinski definition) is 7. The molecular weight excluding hydrogens is 467 g/mol. The summed E-state index contributed by atoms with van der Waals surface area (Å²) in [4.78, 5) is 52.9. The summed E-state index contributed by atoms with van der Waals surface area (Å²) in [6.07, 6.45) is 1.59. The third kappa shape index (κ3) is 3.07. The summed E-state index contributed by atoms with van der Waals surface area (Å²) in [5, 5.41) is 17.3. The van der Waals surface area contributed by atoms with Gasteiger partial charge in [-0.05, 0) is 41.5 Å². The summed E-state index contributed by atoms with van der Waals surface area (Å²) < 4.78 is 13.5. The van der Waals surface area contributed by atoms with E-state index in [9.17, 15) is 28.9 Å². The van der Waals surface area contributed by atoms with Gasteiger partial charge in [-0.2, -0.15) is 5.10 Å². The molecule has 2 saturated heterocycles. The van der Waals surface area contributed by atoms with Crippen molar-refractivity contribution in [1.82, 2.24) is 5.01 Å². The molecule has 178 valence electrons. The number of halogens is 1. The number of non-ortho nitro benzene ring substituents is 1. The third-order valence-corrected chi connectivity index (χ3v) is 6.99. The van der Waals surface area contributed by atoms with E-state index in [1.54, 1.807) is 12.3 Å². The molecule has 4 atom stereocenters. The van der Waals surface area contributed by atoms with Gasteiger partial charge < -0.3 is 0 Å². The molecule has 2 fully saturated rings. The number of carbonyl (C=O) groups excluding carboxylic acids is 3. The van der Waals surface area contributed by atoms with Crippen LogP contribution in [-0.4, -0.2) is 39.8 Å². The Morgan fingerprint density at radius 2 is 1.67 bits per heavy atom. The molecular formula is C26H17FN4O5. The maximum Gasteiger partial charge on any atom is 0.271 e. The summed E-state index contributed by atoms with van der Waals surface area (Å²) in [6, 6.07) is 15.7. The molecule has 0 radical (unpaired) electrons. The number of amides is 2. The molecule has 3 aromatic rings. The fraction of sp³-hybridized carbons (Fsp3) is 0.154. The Kier molecular flexibility index (Phi) is 4.78. The Labute approximate surface area is 203 Å². The van der Waals surface area contributed by atoms with E-state index in [0.29, 0.717) is 0 Å². The van der Waals surface area contributed by atoms with Crippen molar-refractivity contribution in [1.29, 1.82) is 0 Å². The average molecular weight is 484 g/mol. The molecule has 0 bridgehead atoms. The lowest BCUT2D eigenvalue weighted by molar-refractivity contribution is -0.384. The van der Waals surface area contributed by atoms with Crippen molar-refractivity contribution in [2.75, 3.05) is 4.90 Å². The van der Waals surface area contributed by atoms with Crippen LogP contribution in [0.5, 0.6) is 0 Å². The van der Waals surface area contributed by atoms with Crippen LogP contribution in [0.1, 0.15) is 27.5 Å². The Morgan fingerprint density at radius 3 is 2.42 bits per heavy atom. The molecule has 3 aliphatic heterocycles. The fourth-order valence-electron chi connectivity index (χ4n) is 5.45. The highest BCUT2D eigenvalue weighted by Gasteiger charge is 2.65. The van der Waals surface area contributed by atoms with Crippen molar-refractivity contribution in [2.24, 2.45) is 16.9 Å². The summed E-state index contributed by atoms with van der Waals surface area (Å²) in [7, 11) is 0. The van der Waals surface area contributed by atoms with Crippen LogP contribution in [0.2, 0.25) is 0 Å². The molecule has 0 N–H and O–H groups in total. The number of benzene rings is 3. The number of Topliss-reactive ketones (excluding diaryl/α,β-unsaturated/α-hetero) is 1. The summed E-state index contributed by atoms with van der Waals surface area (Å²) in [6.45, 7) is 0. The van der Waals surface area contributed by atoms with Gasteiger partial charge in [0.2, 0.25) is 11.8 Å². The number of ketones is 1. The Morgan fingerprint density at radius 1 is 0.944 bits per heavy atom. The SMILES string of the molecule is O=C(c1ccc(F)cc1)[C@H]1[C@H]2C(=O)N(c3cccc([N+](=O)[O-])c3)C(=O)[C@H]2C2c3ccccc3C=NN21. The Bertz CT molecular complexity index is 1490. The van der Waals surface area contributed by atoms with Gasteiger partial charge in [0.25, 0.3) is 5.69 Å². The second kappa shape index (κ2) is 7.91. The third-order valence-electron chi connectivity index (χ3n) is 6.99. The topological polar surface area (TPSA) is 113 Å². The fourth-order valence-corrected chi connectivity index (χ4v) is 5.45. The first-order valence-corrected chi connectivity index (χ1v) is 11.2. The second-order valence-electron chi connectivity index (χ2n) is 8.85. The minimum Gasteiger partial charge on any atom is -0.292 e. The molecule has 9 nitrogen and oxygen atoms in total. The highest BCUT2D eigenvalue weighted by molar-refractivity contribution is 6.24. The minimum atomic E-state index is -1.12. The van der Waals surface area contributed by atoms with E-state index < -0.39 is 52.3 Å². The van der Waals surface area contributed by atoms with Gasteiger partial charge in [-0.1, -0.05) is 30.3 Å². The monoisotopic (exact) mass is 484 g/mol. The lowest BCUT2D eigenvalue weighted by Crippen LogP contribution is -2.44. The zero-order valence-corrected chi connectivity index (χ0v) is 18.5. The molecule has 0 saturated carbocycles. The lowest BCUT2D eigenvalue weighted by atomic mass is 9.83. The van der Waals surface area contributed by atoms with Crippen LogP contribution >= 0.6 is 0 Å². The molecule has 1 unspecified atom stereocenters. The van der Waals surface area contributed by atoms with Crippen molar-refractivity contribution in [3.63, 3.8) is 0 Å². The number of nitro benzene ring substituents is 1. The summed E-state index contributed by atoms with van der Waals surface area (Å²) in [5.74, 6) is -4.18. The molecule has 3 heterocycles. The van der Waals surface area contributed by atoms with E-state index in [0.717, 1.165) is 28.2 Å². The van der Waals surface area contributed by atoms with Crippen LogP contribution in [0.25, 0.3) is 0 Å². The molecule has 3 aromatic carbocycles. The second-order valence-corrected chi connectivity index (χ2v) is 8.85. The number of nitrogens with zero attached hydrogens (tertiary/aromatic N) is 4. The van der Waals surface area contributed by atoms with Gasteiger partial charge in [-0.15, -0.1) is 0 Å². The first kappa shape index (κ1) is 21.8. The lowest BCUT2D eigenvalue weighted by Gasteiger charge is -2.33. The summed E-state index contributed by atoms with van der Waals surface area (Å²) >= 11 is 0. The molecule has 6 rings (SSSR count). The molecule has 3 aliphatic rings. The van der Waals surface area contributed by atoms with Gasteiger partial charge in [0.05, 0.1) is 34.7 Å². The van der Waals surface area contributed by atoms with Crippen molar-refractivity contribution in [3.05, 3.63) is 105 Å². The van der Waals surface area contributed by atoms with Crippen molar-refractivity contribution in [3.8, 4) is 0 Å². The van der Waals surface area contributed by atoms with Crippen molar-refractivity contribution < 1.29 is 23.7 Å². The first-order chi connectivity index (χ1) is 17.4. The summed E-state index contributed by atoms with van der Waals surface area (Å²) in [5.41, 5.74) is 1.50. The van der Waals surface area contributed by atoms with Gasteiger partial charge in [-0.3, -0.25) is 29.5 Å². The van der Waals surface area contributed by atoms with Crippen LogP contribution in [0.3, 0.4) is 0 Å². The van der Waals surface area contributed by atoms with E-state index in [-0.39, 0.29) is 16.9 Å². The van der Waals surface area contributed by atoms with Crippen molar-refractivity contribution in [2.45, 2.75) is 12.1 Å². The van der Waals surface area contributed by atoms with Gasteiger partial charge in [0.1, 0.15) is 11.9 Å². The molecule has 36 heavy (non-hydrogen) atoms. The van der Waals surface area contributed by atoms with Crippen LogP contribution in [-0.2, 0) is 9.59 Å². The predicted molar refractivity (Wildman–Crippen MR) is 126 cm³/mol. The maximum absolute atomic E-state index is 13.8. The van der Waals surface area contributed by atoms with Crippen LogP contribution in [0, 0.1) is 27.8 Å². The smallest absolute Gasteiger partial charge is 0.271 e. The van der Waals surface area contributed by atoms with Gasteiger partial charge in [-0.25, -0.2) is 9.29 Å². The van der Waals surface area contributed by atoms with Gasteiger partial charge >= 0.3 is 0 Å². The molecule has 0 spiro atoms. The first-order valence-electron chi connectivity index (χ1n) is 11.2. The largest absolute Gasteiger partial charge is 0.292 e. The van der Waals surface area contributed by atoms with E-state index in [2.05, 4.69) is 5.10 Å².